The Morgan fingerprint density at radius 3 is 0.897 bits per heavy atom. The van der Waals surface area contributed by atoms with Crippen LogP contribution in [0.15, 0.2) is 96.3 Å². The first-order chi connectivity index (χ1) is 68.4. The Labute approximate surface area is 851 Å². The van der Waals surface area contributed by atoms with Crippen LogP contribution in [0.2, 0.25) is 0 Å². The van der Waals surface area contributed by atoms with Gasteiger partial charge in [-0.25, -0.2) is 64.0 Å². The SMILES string of the molecule is CC[C@H]1O[C@@H](n2cnc3c(N)ncnc32)C[C@H]1OP([O-])(=S)OC[C@H]1O[C@@H](n2cc(C)c(=O)[nH]c2=O)C[C@H]1OP(=O)([S-])OC[C@H]1O[C@@H](n2cnc3c(N)ncnc32)C[C@H]1OP([O-])(=S)OC[C@H]1O[C@@H](n2cc(C)c(=O)[nH]c2=O)C[C@H]1OP([O-])(=S)OC[C@H]1O[C@@H](n2cnc3c(N)ncnc32)C[C@H]1OP([O-])(=S)OC[C@H]1O[C@@H](n2cc(C)c(=O)[nH]c2=O)C[C@H]1OP([O-])(=S)OC[C@H]1O[C@@H](n2cc(C)c(N)nc2=O)C[C@H]1OP([O-])(=S)OC. The summed E-state index contributed by atoms with van der Waals surface area (Å²) >= 11 is 38.1. The molecule has 0 amide bonds. The number of nitrogens with two attached hydrogens (primary N) is 4. The van der Waals surface area contributed by atoms with E-state index in [9.17, 15) is 57.7 Å². The molecule has 0 radical (unpaired) electrons. The van der Waals surface area contributed by atoms with Crippen molar-refractivity contribution >= 4 is 187 Å². The van der Waals surface area contributed by atoms with E-state index in [-0.39, 0.29) is 94.4 Å². The van der Waals surface area contributed by atoms with Crippen LogP contribution in [0.4, 0.5) is 23.3 Å². The van der Waals surface area contributed by atoms with Crippen LogP contribution in [0.25, 0.3) is 33.5 Å². The lowest BCUT2D eigenvalue weighted by Gasteiger charge is -2.36. The molecule has 7 saturated heterocycles. The predicted molar refractivity (Wildman–Crippen MR) is 513 cm³/mol. The van der Waals surface area contributed by atoms with Crippen LogP contribution in [0.5, 0.6) is 0 Å². The highest BCUT2D eigenvalue weighted by Crippen LogP contribution is 2.57. The monoisotopic (exact) mass is 2290 g/mol. The number of hydrogen-bond donors (Lipinski definition) is 7. The third kappa shape index (κ3) is 25.4. The van der Waals surface area contributed by atoms with Crippen molar-refractivity contribution in [1.82, 2.24) is 96.8 Å². The summed E-state index contributed by atoms with van der Waals surface area (Å²) in [6.07, 6.45) is -17.3. The minimum absolute atomic E-state index is 0.0143. The number of nitrogens with zero attached hydrogens (tertiary/aromatic N) is 17. The van der Waals surface area contributed by atoms with E-state index in [0.717, 1.165) is 50.4 Å². The molecule has 17 heterocycles. The number of nitrogen functional groups attached to an aromatic ring is 4. The number of nitrogens with one attached hydrogen (secondary N) is 3. The van der Waals surface area contributed by atoms with Gasteiger partial charge < -0.3 is 161 Å². The van der Waals surface area contributed by atoms with Gasteiger partial charge in [-0.1, -0.05) is 77.8 Å². The molecule has 10 aromatic heterocycles. The summed E-state index contributed by atoms with van der Waals surface area (Å²) in [5.41, 5.74) is 19.9. The lowest BCUT2D eigenvalue weighted by molar-refractivity contribution is -0.221. The molecule has 0 aromatic carbocycles. The summed E-state index contributed by atoms with van der Waals surface area (Å²) in [5, 5.41) is 0. The quantitative estimate of drug-likeness (QED) is 0.0161. The Morgan fingerprint density at radius 2 is 0.607 bits per heavy atom. The second-order valence-electron chi connectivity index (χ2n) is 33.7. The Morgan fingerprint density at radius 1 is 0.359 bits per heavy atom. The van der Waals surface area contributed by atoms with Gasteiger partial charge >= 0.3 is 22.8 Å². The molecule has 59 nitrogen and oxygen atoms in total. The van der Waals surface area contributed by atoms with Gasteiger partial charge in [-0.05, 0) is 34.1 Å². The van der Waals surface area contributed by atoms with E-state index in [1.54, 1.807) is 18.4 Å². The van der Waals surface area contributed by atoms with E-state index in [1.165, 1.54) is 67.6 Å². The molecule has 73 heteroatoms. The number of H-pyrrole nitrogens is 3. The topological polar surface area (TPSA) is 784 Å². The first-order valence-electron chi connectivity index (χ1n) is 43.5. The van der Waals surface area contributed by atoms with E-state index in [4.69, 9.17) is 203 Å². The van der Waals surface area contributed by atoms with E-state index in [2.05, 4.69) is 64.8 Å². The maximum atomic E-state index is 15.0. The third-order valence-corrected chi connectivity index (χ3v) is 35.2. The van der Waals surface area contributed by atoms with E-state index < -0.39 is 268 Å². The Bertz CT molecular complexity index is 7400. The lowest BCUT2D eigenvalue weighted by atomic mass is 10.1. The number of rotatable bonds is 41. The van der Waals surface area contributed by atoms with E-state index in [0.29, 0.717) is 23.1 Å². The van der Waals surface area contributed by atoms with Gasteiger partial charge in [0.25, 0.3) is 16.7 Å². The molecular weight excluding hydrogens is 2200 g/mol. The molecule has 145 heavy (non-hydrogen) atoms. The molecular formula is C72H88N24O35P7S7-7. The van der Waals surface area contributed by atoms with Crippen molar-refractivity contribution in [2.75, 3.05) is 69.7 Å². The highest BCUT2D eigenvalue weighted by atomic mass is 32.7. The average Bonchev–Trinajstić information content (AvgIpc) is 1.62. The highest BCUT2D eigenvalue weighted by molar-refractivity contribution is 8.32. The zero-order valence-corrected chi connectivity index (χ0v) is 88.0. The van der Waals surface area contributed by atoms with Crippen LogP contribution >= 0.6 is 47.1 Å². The van der Waals surface area contributed by atoms with E-state index in [1.807, 2.05) is 0 Å². The van der Waals surface area contributed by atoms with Gasteiger partial charge in [0.15, 0.2) is 41.2 Å². The summed E-state index contributed by atoms with van der Waals surface area (Å²) in [5.74, 6) is -0.0265. The molecule has 790 valence electrons. The summed E-state index contributed by atoms with van der Waals surface area (Å²) in [4.78, 5) is 226. The largest absolute Gasteiger partial charge is 0.780 e. The number of aromatic amines is 3. The highest BCUT2D eigenvalue weighted by Gasteiger charge is 2.50. The van der Waals surface area contributed by atoms with Crippen LogP contribution in [-0.4, -0.2) is 229 Å². The molecule has 0 bridgehead atoms. The molecule has 17 rings (SSSR count). The van der Waals surface area contributed by atoms with Crippen molar-refractivity contribution in [3.8, 4) is 0 Å². The molecule has 28 atom stereocenters. The molecule has 7 aliphatic heterocycles. The fourth-order valence-electron chi connectivity index (χ4n) is 16.9. The number of anilines is 4. The van der Waals surface area contributed by atoms with E-state index >= 15 is 9.79 Å². The molecule has 0 saturated carbocycles. The average molecular weight is 2290 g/mol. The molecule has 10 aromatic rings. The number of fused-ring (bicyclic) bond motifs is 3. The first-order valence-corrected chi connectivity index (χ1v) is 61.4. The van der Waals surface area contributed by atoms with Crippen molar-refractivity contribution in [3.05, 3.63) is 158 Å². The summed E-state index contributed by atoms with van der Waals surface area (Å²) in [7, 11) is 1.03. The van der Waals surface area contributed by atoms with Gasteiger partial charge in [0, 0.05) is 99.1 Å². The van der Waals surface area contributed by atoms with Gasteiger partial charge in [0.1, 0.15) is 162 Å². The van der Waals surface area contributed by atoms with Crippen LogP contribution < -0.4 is 91.7 Å². The number of aromatic nitrogens is 20. The minimum Gasteiger partial charge on any atom is -0.780 e. The van der Waals surface area contributed by atoms with Crippen LogP contribution in [-0.2, 0) is 184 Å². The van der Waals surface area contributed by atoms with Gasteiger partial charge in [0.2, 0.25) is 0 Å². The van der Waals surface area contributed by atoms with Crippen LogP contribution in [0.3, 0.4) is 0 Å². The fraction of sp³-hybridized carbons (Fsp3) is 0.569. The molecule has 0 aliphatic carbocycles. The fourth-order valence-corrected chi connectivity index (χ4v) is 26.7. The standard InChI is InChI=1S/C72H95N24O35P7S7/c1-7-35-36(8-53(118-35)94-28-83-56-60(74)77-25-80-63(56)94)126-133(105,140)112-20-44-38(10-50(120-44)91-16-32(3)66(97)87-70(91)101)128-135(107,142)116-23-47-41(13-54(123-47)95-29-84-57-61(75)78-26-81-64(57)95)131-138(110,145)115-22-46-40(12-52(122-46)93-18-34(5)68(99)89-72(93)103)129-136(108,143)117-24-48-42(14-55(124-48)96-30-85-58-62(76)79-27-82-65(58)96)130-137(109,144)114-21-45-39(11-51(121-45)92-17-33(4)67(98)88-71(92)102)127-134(106,141)113-19-43-37(125-132(104,139)111-6)9-49(119-43)90-15-31(2)59(73)86-69(90)100/h15-18,25-30,35-55H,7-14,19-24H2,1-6H3,(H,104,139)(H,105,140)(H,106,141)(H,107,142)(H,108,143)(H,109,144)(H,110,145)(H2,73,86,100)(H2,74,77,80)(H2,75,78,81)(H2,76,79,82)(H,87,97,101)(H,88,98,102)(H,89,99,103)/p-7/t35-,36-,37-,38-,39-,40-,41-,42-,43-,44-,45-,46-,47-,48-,49-,50-,51-,52-,53-,54-,55-,132?,133?,134?,135?,136?,137?,138?/m1/s1. The van der Waals surface area contributed by atoms with Crippen LogP contribution in [0, 0.1) is 27.7 Å². The Kier molecular flexibility index (Phi) is 33.3. The zero-order valence-electron chi connectivity index (χ0n) is 76.0. The second kappa shape index (κ2) is 44.1. The van der Waals surface area contributed by atoms with Gasteiger partial charge in [-0.2, -0.15) is 4.98 Å². The lowest BCUT2D eigenvalue weighted by Crippen LogP contribution is -2.34. The molecule has 0 spiro atoms. The minimum atomic E-state index is -5.04. The maximum Gasteiger partial charge on any atom is 0.351 e. The summed E-state index contributed by atoms with van der Waals surface area (Å²) in [6.45, 7) is -31.0. The van der Waals surface area contributed by atoms with Gasteiger partial charge in [-0.3, -0.25) is 65.9 Å². The smallest absolute Gasteiger partial charge is 0.351 e. The Balaban J connectivity index is 0.581. The van der Waals surface area contributed by atoms with Crippen molar-refractivity contribution in [1.29, 1.82) is 0 Å². The third-order valence-electron chi connectivity index (χ3n) is 24.1. The summed E-state index contributed by atoms with van der Waals surface area (Å²) in [6, 6.07) is 0. The number of ether oxygens (including phenoxy) is 7. The normalized spacial score (nSPS) is 29.6. The Hall–Kier alpha value is -6.83. The number of imidazole rings is 3. The molecule has 7 fully saturated rings. The van der Waals surface area contributed by atoms with Crippen molar-refractivity contribution in [2.24, 2.45) is 0 Å². The predicted octanol–water partition coefficient (Wildman–Crippen LogP) is -2.00. The summed E-state index contributed by atoms with van der Waals surface area (Å²) < 4.78 is 149. The maximum absolute atomic E-state index is 15.0. The first kappa shape index (κ1) is 109. The van der Waals surface area contributed by atoms with Gasteiger partial charge in [-0.15, -0.1) is 0 Å². The van der Waals surface area contributed by atoms with Crippen molar-refractivity contribution in [2.45, 2.75) is 215 Å². The second-order valence-corrected chi connectivity index (χ2v) is 52.8. The molecule has 7 unspecified atom stereocenters. The molecule has 11 N–H and O–H groups in total. The van der Waals surface area contributed by atoms with Crippen LogP contribution in [0.1, 0.15) is 124 Å². The van der Waals surface area contributed by atoms with Crippen molar-refractivity contribution < 1.29 is 130 Å². The van der Waals surface area contributed by atoms with Gasteiger partial charge in [0.05, 0.1) is 107 Å². The number of hydrogen-bond acceptors (Lipinski definition) is 56. The van der Waals surface area contributed by atoms with Crippen molar-refractivity contribution in [3.63, 3.8) is 0 Å². The number of aryl methyl sites for hydroxylation is 4. The zero-order chi connectivity index (χ0) is 104. The molecule has 7 aliphatic rings.